The number of benzene rings is 1. The van der Waals surface area contributed by atoms with E-state index in [9.17, 15) is 14.4 Å². The molecule has 8 heteroatoms. The maximum absolute atomic E-state index is 14.8. The van der Waals surface area contributed by atoms with Gasteiger partial charge in [-0.1, -0.05) is 6.92 Å². The summed E-state index contributed by atoms with van der Waals surface area (Å²) in [6, 6.07) is 8.86. The molecule has 1 amide bonds. The molecule has 1 aliphatic heterocycles. The number of halogens is 1. The predicted molar refractivity (Wildman–Crippen MR) is 134 cm³/mol. The van der Waals surface area contributed by atoms with Gasteiger partial charge in [-0.05, 0) is 67.3 Å². The molecule has 3 aromatic rings. The van der Waals surface area contributed by atoms with Gasteiger partial charge in [0.2, 0.25) is 0 Å². The van der Waals surface area contributed by atoms with Gasteiger partial charge in [-0.15, -0.1) is 0 Å². The van der Waals surface area contributed by atoms with E-state index in [1.165, 1.54) is 12.1 Å². The fourth-order valence-electron chi connectivity index (χ4n) is 5.60. The Morgan fingerprint density at radius 2 is 2.11 bits per heavy atom. The summed E-state index contributed by atoms with van der Waals surface area (Å²) in [5, 5.41) is 12.5. The van der Waals surface area contributed by atoms with Crippen molar-refractivity contribution in [2.45, 2.75) is 44.6 Å². The SMILES string of the molecule is C[C@@H]1CC(N)C[C@H](c2ccncc2NC(=O)c2ccc(F)c3cc(N4CC[C@H](C#N)C4)cnc23)C1. The van der Waals surface area contributed by atoms with E-state index in [-0.39, 0.29) is 29.2 Å². The molecule has 1 aliphatic carbocycles. The lowest BCUT2D eigenvalue weighted by molar-refractivity contribution is 0.102. The number of rotatable bonds is 4. The summed E-state index contributed by atoms with van der Waals surface area (Å²) >= 11 is 0. The molecule has 0 bridgehead atoms. The number of hydrogen-bond donors (Lipinski definition) is 2. The number of nitrogens with zero attached hydrogens (tertiary/aromatic N) is 4. The number of anilines is 2. The number of carbonyl (C=O) groups is 1. The number of pyridine rings is 2. The van der Waals surface area contributed by atoms with E-state index in [1.54, 1.807) is 24.7 Å². The normalized spacial score (nSPS) is 24.3. The van der Waals surface area contributed by atoms with E-state index < -0.39 is 5.82 Å². The lowest BCUT2D eigenvalue weighted by Gasteiger charge is -2.32. The van der Waals surface area contributed by atoms with Crippen molar-refractivity contribution in [2.24, 2.45) is 17.6 Å². The summed E-state index contributed by atoms with van der Waals surface area (Å²) in [7, 11) is 0. The highest BCUT2D eigenvalue weighted by Gasteiger charge is 2.28. The van der Waals surface area contributed by atoms with Crippen LogP contribution < -0.4 is 16.0 Å². The standard InChI is InChI=1S/C27H29FN6O/c1-16-8-18(10-19(30)9-16)21-4-6-31-14-25(21)33-27(35)22-2-3-24(28)23-11-20(13-32-26(22)23)34-7-5-17(12-29)15-34/h2-4,6,11,13-14,16-19H,5,7-10,15,30H2,1H3,(H,33,35)/t16-,17+,18+,19?/m0/s1. The summed E-state index contributed by atoms with van der Waals surface area (Å²) in [5.41, 5.74) is 9.31. The fraction of sp³-hybridized carbons (Fsp3) is 0.407. The topological polar surface area (TPSA) is 108 Å². The molecule has 7 nitrogen and oxygen atoms in total. The first kappa shape index (κ1) is 23.2. The molecule has 1 saturated heterocycles. The molecule has 1 saturated carbocycles. The van der Waals surface area contributed by atoms with Crippen molar-refractivity contribution in [2.75, 3.05) is 23.3 Å². The summed E-state index contributed by atoms with van der Waals surface area (Å²) in [6.07, 6.45) is 8.71. The van der Waals surface area contributed by atoms with Crippen molar-refractivity contribution in [3.63, 3.8) is 0 Å². The highest BCUT2D eigenvalue weighted by atomic mass is 19.1. The summed E-state index contributed by atoms with van der Waals surface area (Å²) < 4.78 is 14.8. The highest BCUT2D eigenvalue weighted by Crippen LogP contribution is 2.38. The Labute approximate surface area is 204 Å². The van der Waals surface area contributed by atoms with Crippen LogP contribution in [0.25, 0.3) is 10.9 Å². The second kappa shape index (κ2) is 9.59. The number of hydrogen-bond acceptors (Lipinski definition) is 6. The van der Waals surface area contributed by atoms with E-state index in [4.69, 9.17) is 5.73 Å². The Hall–Kier alpha value is -3.57. The number of carbonyl (C=O) groups excluding carboxylic acids is 1. The van der Waals surface area contributed by atoms with Gasteiger partial charge in [0.25, 0.3) is 5.91 Å². The number of nitrogens with one attached hydrogen (secondary N) is 1. The van der Waals surface area contributed by atoms with Crippen LogP contribution in [0.1, 0.15) is 54.4 Å². The van der Waals surface area contributed by atoms with Crippen molar-refractivity contribution in [1.82, 2.24) is 9.97 Å². The van der Waals surface area contributed by atoms with Crippen LogP contribution in [0.15, 0.2) is 42.9 Å². The minimum atomic E-state index is -0.436. The first-order valence-electron chi connectivity index (χ1n) is 12.2. The monoisotopic (exact) mass is 472 g/mol. The second-order valence-electron chi connectivity index (χ2n) is 9.93. The smallest absolute Gasteiger partial charge is 0.257 e. The molecule has 3 N–H and O–H groups in total. The van der Waals surface area contributed by atoms with Gasteiger partial charge in [0.1, 0.15) is 5.82 Å². The van der Waals surface area contributed by atoms with E-state index >= 15 is 0 Å². The molecule has 35 heavy (non-hydrogen) atoms. The Balaban J connectivity index is 1.43. The van der Waals surface area contributed by atoms with Crippen molar-refractivity contribution >= 4 is 28.2 Å². The zero-order valence-electron chi connectivity index (χ0n) is 19.7. The van der Waals surface area contributed by atoms with Gasteiger partial charge in [-0.2, -0.15) is 5.26 Å². The summed E-state index contributed by atoms with van der Waals surface area (Å²) in [5.74, 6) is -0.0741. The van der Waals surface area contributed by atoms with Crippen LogP contribution in [-0.4, -0.2) is 35.0 Å². The third-order valence-electron chi connectivity index (χ3n) is 7.28. The van der Waals surface area contributed by atoms with Gasteiger partial charge in [-0.3, -0.25) is 14.8 Å². The number of nitriles is 1. The molecule has 1 unspecified atom stereocenters. The fourth-order valence-corrected chi connectivity index (χ4v) is 5.60. The molecule has 1 aromatic carbocycles. The Kier molecular flexibility index (Phi) is 6.35. The van der Waals surface area contributed by atoms with Crippen molar-refractivity contribution < 1.29 is 9.18 Å². The van der Waals surface area contributed by atoms with Crippen molar-refractivity contribution in [1.29, 1.82) is 5.26 Å². The molecule has 2 aromatic heterocycles. The number of amides is 1. The number of aromatic nitrogens is 2. The second-order valence-corrected chi connectivity index (χ2v) is 9.93. The summed E-state index contributed by atoms with van der Waals surface area (Å²) in [6.45, 7) is 3.53. The molecular weight excluding hydrogens is 443 g/mol. The van der Waals surface area contributed by atoms with Crippen LogP contribution in [0.4, 0.5) is 15.8 Å². The molecule has 5 rings (SSSR count). The quantitative estimate of drug-likeness (QED) is 0.574. The molecule has 2 fully saturated rings. The van der Waals surface area contributed by atoms with Gasteiger partial charge in [-0.25, -0.2) is 4.39 Å². The van der Waals surface area contributed by atoms with Gasteiger partial charge >= 0.3 is 0 Å². The third-order valence-corrected chi connectivity index (χ3v) is 7.28. The Morgan fingerprint density at radius 3 is 2.89 bits per heavy atom. The largest absolute Gasteiger partial charge is 0.369 e. The zero-order valence-corrected chi connectivity index (χ0v) is 19.7. The van der Waals surface area contributed by atoms with Gasteiger partial charge in [0, 0.05) is 30.7 Å². The lowest BCUT2D eigenvalue weighted by atomic mass is 9.76. The molecule has 180 valence electrons. The Bertz CT molecular complexity index is 1290. The zero-order chi connectivity index (χ0) is 24.5. The average molecular weight is 473 g/mol. The maximum atomic E-state index is 14.8. The van der Waals surface area contributed by atoms with Crippen LogP contribution in [0.2, 0.25) is 0 Å². The van der Waals surface area contributed by atoms with E-state index in [0.29, 0.717) is 29.2 Å². The number of fused-ring (bicyclic) bond motifs is 1. The minimum Gasteiger partial charge on any atom is -0.369 e. The summed E-state index contributed by atoms with van der Waals surface area (Å²) in [4.78, 5) is 24.1. The van der Waals surface area contributed by atoms with Crippen LogP contribution in [0, 0.1) is 29.0 Å². The Morgan fingerprint density at radius 1 is 1.26 bits per heavy atom. The molecule has 3 heterocycles. The third kappa shape index (κ3) is 4.69. The maximum Gasteiger partial charge on any atom is 0.257 e. The van der Waals surface area contributed by atoms with Crippen LogP contribution in [0.5, 0.6) is 0 Å². The van der Waals surface area contributed by atoms with Crippen LogP contribution >= 0.6 is 0 Å². The molecule has 4 atom stereocenters. The molecule has 0 spiro atoms. The molecule has 0 radical (unpaired) electrons. The van der Waals surface area contributed by atoms with E-state index in [2.05, 4.69) is 28.3 Å². The van der Waals surface area contributed by atoms with Gasteiger partial charge in [0.15, 0.2) is 0 Å². The average Bonchev–Trinajstić information content (AvgIpc) is 3.33. The van der Waals surface area contributed by atoms with E-state index in [0.717, 1.165) is 43.5 Å². The minimum absolute atomic E-state index is 0.0389. The van der Waals surface area contributed by atoms with Crippen molar-refractivity contribution in [3.8, 4) is 6.07 Å². The van der Waals surface area contributed by atoms with Crippen molar-refractivity contribution in [3.05, 3.63) is 59.8 Å². The van der Waals surface area contributed by atoms with Crippen LogP contribution in [-0.2, 0) is 0 Å². The van der Waals surface area contributed by atoms with Crippen LogP contribution in [0.3, 0.4) is 0 Å². The van der Waals surface area contributed by atoms with Gasteiger partial charge < -0.3 is 16.0 Å². The molecular formula is C27H29FN6O. The first-order valence-corrected chi connectivity index (χ1v) is 12.2. The molecule has 2 aliphatic rings. The van der Waals surface area contributed by atoms with Gasteiger partial charge in [0.05, 0.1) is 46.8 Å². The highest BCUT2D eigenvalue weighted by molar-refractivity contribution is 6.12. The lowest BCUT2D eigenvalue weighted by Crippen LogP contribution is -2.31. The first-order chi connectivity index (χ1) is 16.9. The number of nitrogens with two attached hydrogens (primary N) is 1. The predicted octanol–water partition coefficient (Wildman–Crippen LogP) is 4.60. The van der Waals surface area contributed by atoms with E-state index in [1.807, 2.05) is 11.0 Å².